The van der Waals surface area contributed by atoms with E-state index in [4.69, 9.17) is 10.8 Å². The Balaban J connectivity index is 0.00000156. The van der Waals surface area contributed by atoms with Crippen LogP contribution in [0.2, 0.25) is 0 Å². The van der Waals surface area contributed by atoms with Crippen molar-refractivity contribution < 1.29 is 34.4 Å². The fourth-order valence-electron chi connectivity index (χ4n) is 3.13. The number of fused-ring (bicyclic) bond motifs is 3. The number of rotatable bonds is 2. The summed E-state index contributed by atoms with van der Waals surface area (Å²) in [7, 11) is 0. The Morgan fingerprint density at radius 3 is 2.91 bits per heavy atom. The van der Waals surface area contributed by atoms with E-state index in [2.05, 4.69) is 18.3 Å². The number of aldehydes is 1. The third-order valence-electron chi connectivity index (χ3n) is 4.36. The molecule has 0 fully saturated rings. The van der Waals surface area contributed by atoms with Crippen LogP contribution in [0.3, 0.4) is 0 Å². The Morgan fingerprint density at radius 2 is 2.17 bits per heavy atom. The predicted molar refractivity (Wildman–Crippen MR) is 84.4 cm³/mol. The molecule has 0 radical (unpaired) electrons. The second kappa shape index (κ2) is 6.48. The van der Waals surface area contributed by atoms with Gasteiger partial charge in [0.2, 0.25) is 0 Å². The largest absolute Gasteiger partial charge is 1.00 e. The SMILES string of the molecule is NC1=CCC(n2cc3c(n2)-c2cc(C=O)[c-]cc2CC3)C=C1.[Na+]. The molecule has 0 aliphatic heterocycles. The van der Waals surface area contributed by atoms with Gasteiger partial charge in [-0.2, -0.15) is 5.10 Å². The monoisotopic (exact) mass is 313 g/mol. The molecule has 2 aromatic rings. The molecule has 110 valence electrons. The van der Waals surface area contributed by atoms with Crippen LogP contribution >= 0.6 is 0 Å². The maximum absolute atomic E-state index is 11.0. The number of hydrogen-bond acceptors (Lipinski definition) is 3. The second-order valence-corrected chi connectivity index (χ2v) is 5.79. The Bertz CT molecular complexity index is 820. The zero-order valence-corrected chi connectivity index (χ0v) is 15.1. The summed E-state index contributed by atoms with van der Waals surface area (Å²) in [6.07, 6.45) is 11.8. The summed E-state index contributed by atoms with van der Waals surface area (Å²) >= 11 is 0. The Hall–Kier alpha value is -1.62. The Morgan fingerprint density at radius 1 is 1.35 bits per heavy atom. The number of benzene rings is 1. The van der Waals surface area contributed by atoms with Gasteiger partial charge in [-0.3, -0.25) is 4.68 Å². The van der Waals surface area contributed by atoms with Gasteiger partial charge in [-0.25, -0.2) is 0 Å². The molecule has 2 aliphatic rings. The van der Waals surface area contributed by atoms with Crippen molar-refractivity contribution in [1.82, 2.24) is 9.78 Å². The molecule has 1 atom stereocenters. The van der Waals surface area contributed by atoms with Crippen molar-refractivity contribution in [2.45, 2.75) is 25.3 Å². The molecule has 0 bridgehead atoms. The zero-order valence-electron chi connectivity index (χ0n) is 13.1. The van der Waals surface area contributed by atoms with Crippen LogP contribution in [0.15, 0.2) is 42.3 Å². The van der Waals surface area contributed by atoms with E-state index in [0.717, 1.165) is 42.5 Å². The summed E-state index contributed by atoms with van der Waals surface area (Å²) in [5, 5.41) is 4.78. The first kappa shape index (κ1) is 16.2. The Kier molecular flexibility index (Phi) is 4.57. The van der Waals surface area contributed by atoms with Crippen LogP contribution < -0.4 is 35.3 Å². The summed E-state index contributed by atoms with van der Waals surface area (Å²) in [5.74, 6) is 0. The van der Waals surface area contributed by atoms with Gasteiger partial charge < -0.3 is 10.5 Å². The van der Waals surface area contributed by atoms with Crippen LogP contribution in [0.25, 0.3) is 11.3 Å². The van der Waals surface area contributed by atoms with E-state index in [1.165, 1.54) is 11.1 Å². The molecule has 0 spiro atoms. The first-order valence-electron chi connectivity index (χ1n) is 7.46. The van der Waals surface area contributed by atoms with Crippen molar-refractivity contribution in [3.8, 4) is 11.3 Å². The average Bonchev–Trinajstić information content (AvgIpc) is 2.99. The standard InChI is InChI=1S/C18H16N3O.Na/c19-15-5-7-16(8-6-15)21-10-14-4-3-13-2-1-12(11-22)9-17(13)18(14)20-21;/h2,5-7,9-11,16H,3-4,8,19H2;/q-1;+1. The molecule has 0 saturated heterocycles. The van der Waals surface area contributed by atoms with Gasteiger partial charge in [-0.05, 0) is 24.5 Å². The van der Waals surface area contributed by atoms with Crippen LogP contribution in [-0.4, -0.2) is 16.1 Å². The molecule has 4 rings (SSSR count). The van der Waals surface area contributed by atoms with Crippen LogP contribution in [0.5, 0.6) is 0 Å². The normalized spacial score (nSPS) is 18.4. The third kappa shape index (κ3) is 2.94. The predicted octanol–water partition coefficient (Wildman–Crippen LogP) is -0.391. The molecule has 0 amide bonds. The maximum atomic E-state index is 11.0. The van der Waals surface area contributed by atoms with Crippen molar-refractivity contribution in [1.29, 1.82) is 0 Å². The van der Waals surface area contributed by atoms with Crippen molar-refractivity contribution in [3.63, 3.8) is 0 Å². The fraction of sp³-hybridized carbons (Fsp3) is 0.222. The first-order chi connectivity index (χ1) is 10.7. The summed E-state index contributed by atoms with van der Waals surface area (Å²) in [4.78, 5) is 11.0. The molecule has 5 heteroatoms. The summed E-state index contributed by atoms with van der Waals surface area (Å²) in [6.45, 7) is 0. The molecule has 1 aromatic heterocycles. The number of allylic oxidation sites excluding steroid dienone is 3. The fourth-order valence-corrected chi connectivity index (χ4v) is 3.13. The van der Waals surface area contributed by atoms with Gasteiger partial charge in [0.05, 0.1) is 18.0 Å². The van der Waals surface area contributed by atoms with Crippen LogP contribution in [0, 0.1) is 6.07 Å². The van der Waals surface area contributed by atoms with E-state index in [1.807, 2.05) is 29.0 Å². The summed E-state index contributed by atoms with van der Waals surface area (Å²) in [6, 6.07) is 7.04. The van der Waals surface area contributed by atoms with Crippen molar-refractivity contribution in [2.24, 2.45) is 5.73 Å². The van der Waals surface area contributed by atoms with Crippen LogP contribution in [0.4, 0.5) is 0 Å². The molecule has 4 nitrogen and oxygen atoms in total. The van der Waals surface area contributed by atoms with Gasteiger partial charge in [-0.1, -0.05) is 24.1 Å². The minimum Gasteiger partial charge on any atom is -0.399 e. The van der Waals surface area contributed by atoms with Gasteiger partial charge in [0.15, 0.2) is 0 Å². The van der Waals surface area contributed by atoms with E-state index in [-0.39, 0.29) is 35.6 Å². The van der Waals surface area contributed by atoms with Gasteiger partial charge in [0.25, 0.3) is 0 Å². The first-order valence-corrected chi connectivity index (χ1v) is 7.46. The minimum atomic E-state index is 0. The number of nitrogens with two attached hydrogens (primary N) is 1. The molecule has 1 aromatic carbocycles. The number of carbonyl (C=O) groups excluding carboxylic acids is 1. The molecule has 2 aliphatic carbocycles. The quantitative estimate of drug-likeness (QED) is 0.467. The van der Waals surface area contributed by atoms with Crippen molar-refractivity contribution in [3.05, 3.63) is 65.0 Å². The molecular weight excluding hydrogens is 297 g/mol. The zero-order chi connectivity index (χ0) is 15.1. The molecule has 0 saturated carbocycles. The molecule has 1 unspecified atom stereocenters. The van der Waals surface area contributed by atoms with Crippen LogP contribution in [0.1, 0.15) is 33.9 Å². The maximum Gasteiger partial charge on any atom is 1.00 e. The smallest absolute Gasteiger partial charge is 0.399 e. The average molecular weight is 313 g/mol. The number of nitrogens with zero attached hydrogens (tertiary/aromatic N) is 2. The number of aromatic nitrogens is 2. The number of hydrogen-bond donors (Lipinski definition) is 1. The third-order valence-corrected chi connectivity index (χ3v) is 4.36. The molecule has 23 heavy (non-hydrogen) atoms. The summed E-state index contributed by atoms with van der Waals surface area (Å²) in [5.41, 5.74) is 11.7. The Labute approximate surface area is 157 Å². The van der Waals surface area contributed by atoms with Gasteiger partial charge in [0.1, 0.15) is 0 Å². The van der Waals surface area contributed by atoms with Crippen molar-refractivity contribution in [2.75, 3.05) is 0 Å². The second-order valence-electron chi connectivity index (χ2n) is 5.79. The van der Waals surface area contributed by atoms with E-state index in [9.17, 15) is 4.79 Å². The minimum absolute atomic E-state index is 0. The van der Waals surface area contributed by atoms with Crippen LogP contribution in [-0.2, 0) is 12.8 Å². The molecule has 2 N–H and O–H groups in total. The van der Waals surface area contributed by atoms with E-state index >= 15 is 0 Å². The van der Waals surface area contributed by atoms with E-state index in [1.54, 1.807) is 0 Å². The molecular formula is C18H16N3NaO. The van der Waals surface area contributed by atoms with Gasteiger partial charge >= 0.3 is 29.6 Å². The topological polar surface area (TPSA) is 60.9 Å². The van der Waals surface area contributed by atoms with Gasteiger partial charge in [0, 0.05) is 11.9 Å². The summed E-state index contributed by atoms with van der Waals surface area (Å²) < 4.78 is 2.01. The van der Waals surface area contributed by atoms with Crippen molar-refractivity contribution >= 4 is 6.29 Å². The van der Waals surface area contributed by atoms with E-state index < -0.39 is 0 Å². The van der Waals surface area contributed by atoms with Gasteiger partial charge in [-0.15, -0.1) is 29.3 Å². The van der Waals surface area contributed by atoms with E-state index in [0.29, 0.717) is 5.56 Å². The molecule has 1 heterocycles. The number of aryl methyl sites for hydroxylation is 2. The number of carbonyl (C=O) groups is 1.